The van der Waals surface area contributed by atoms with Gasteiger partial charge in [0.15, 0.2) is 0 Å². The number of hydrogen-bond donors (Lipinski definition) is 2. The quantitative estimate of drug-likeness (QED) is 0.763. The molecule has 0 bridgehead atoms. The fraction of sp³-hybridized carbons (Fsp3) is 0.333. The summed E-state index contributed by atoms with van der Waals surface area (Å²) < 4.78 is 2.00. The second-order valence-corrected chi connectivity index (χ2v) is 5.64. The van der Waals surface area contributed by atoms with Crippen LogP contribution in [0.15, 0.2) is 30.7 Å². The Morgan fingerprint density at radius 2 is 2.20 bits per heavy atom. The van der Waals surface area contributed by atoms with Crippen LogP contribution < -0.4 is 0 Å². The Kier molecular flexibility index (Phi) is 2.29. The minimum absolute atomic E-state index is 0.118. The van der Waals surface area contributed by atoms with E-state index in [0.717, 1.165) is 41.0 Å². The molecule has 0 aliphatic heterocycles. The highest BCUT2D eigenvalue weighted by atomic mass is 16.3. The van der Waals surface area contributed by atoms with Crippen LogP contribution in [-0.2, 0) is 12.5 Å². The van der Waals surface area contributed by atoms with Crippen molar-refractivity contribution in [2.45, 2.75) is 18.3 Å². The van der Waals surface area contributed by atoms with Gasteiger partial charge in [-0.1, -0.05) is 6.07 Å². The molecule has 0 saturated heterocycles. The topological polar surface area (TPSA) is 66.7 Å². The predicted octanol–water partition coefficient (Wildman–Crippen LogP) is 1.99. The van der Waals surface area contributed by atoms with E-state index in [0.29, 0.717) is 0 Å². The number of fused-ring (bicyclic) bond motifs is 1. The van der Waals surface area contributed by atoms with Crippen molar-refractivity contribution in [3.63, 3.8) is 0 Å². The summed E-state index contributed by atoms with van der Waals surface area (Å²) >= 11 is 0. The zero-order valence-corrected chi connectivity index (χ0v) is 11.3. The fourth-order valence-corrected chi connectivity index (χ4v) is 2.66. The molecule has 1 aliphatic rings. The third-order valence-corrected chi connectivity index (χ3v) is 4.27. The highest BCUT2D eigenvalue weighted by Gasteiger charge is 2.46. The van der Waals surface area contributed by atoms with Gasteiger partial charge in [0, 0.05) is 12.6 Å². The molecule has 1 saturated carbocycles. The Labute approximate surface area is 116 Å². The third-order valence-electron chi connectivity index (χ3n) is 4.27. The molecule has 0 atom stereocenters. The average Bonchev–Trinajstić information content (AvgIpc) is 2.96. The molecule has 1 aliphatic carbocycles. The summed E-state index contributed by atoms with van der Waals surface area (Å²) in [4.78, 5) is 12.2. The second kappa shape index (κ2) is 3.93. The molecular formula is C15H16N4O. The minimum atomic E-state index is -0.118. The first-order chi connectivity index (χ1) is 9.72. The molecule has 5 heteroatoms. The van der Waals surface area contributed by atoms with Crippen LogP contribution in [0.2, 0.25) is 0 Å². The molecule has 4 rings (SSSR count). The lowest BCUT2D eigenvalue weighted by molar-refractivity contribution is 0.250. The van der Waals surface area contributed by atoms with E-state index in [1.54, 1.807) is 0 Å². The van der Waals surface area contributed by atoms with E-state index >= 15 is 0 Å². The van der Waals surface area contributed by atoms with Crippen molar-refractivity contribution < 1.29 is 5.11 Å². The summed E-state index contributed by atoms with van der Waals surface area (Å²) in [6, 6.07) is 6.20. The molecule has 0 amide bonds. The maximum absolute atomic E-state index is 9.46. The molecule has 0 unspecified atom stereocenters. The summed E-state index contributed by atoms with van der Waals surface area (Å²) in [6.45, 7) is 0.166. The van der Waals surface area contributed by atoms with Crippen LogP contribution in [0, 0.1) is 0 Å². The van der Waals surface area contributed by atoms with E-state index in [2.05, 4.69) is 33.2 Å². The van der Waals surface area contributed by atoms with Gasteiger partial charge in [-0.2, -0.15) is 0 Å². The van der Waals surface area contributed by atoms with Gasteiger partial charge >= 0.3 is 0 Å². The van der Waals surface area contributed by atoms with Crippen LogP contribution in [0.3, 0.4) is 0 Å². The van der Waals surface area contributed by atoms with Crippen molar-refractivity contribution in [3.8, 4) is 11.3 Å². The average molecular weight is 268 g/mol. The zero-order valence-electron chi connectivity index (χ0n) is 11.3. The molecule has 20 heavy (non-hydrogen) atoms. The van der Waals surface area contributed by atoms with Gasteiger partial charge in [0.1, 0.15) is 5.82 Å². The molecule has 102 valence electrons. The Hall–Kier alpha value is -2.14. The minimum Gasteiger partial charge on any atom is -0.395 e. The van der Waals surface area contributed by atoms with Crippen molar-refractivity contribution in [1.29, 1.82) is 0 Å². The first kappa shape index (κ1) is 11.7. The Bertz CT molecular complexity index is 782. The number of aliphatic hydroxyl groups is 1. The van der Waals surface area contributed by atoms with Gasteiger partial charge in [-0.3, -0.25) is 0 Å². The maximum Gasteiger partial charge on any atom is 0.115 e. The lowest BCUT2D eigenvalue weighted by Gasteiger charge is -2.06. The van der Waals surface area contributed by atoms with Gasteiger partial charge in [0.25, 0.3) is 0 Å². The number of nitrogens with zero attached hydrogens (tertiary/aromatic N) is 3. The number of nitrogens with one attached hydrogen (secondary N) is 1. The van der Waals surface area contributed by atoms with Crippen LogP contribution in [0.5, 0.6) is 0 Å². The number of benzene rings is 1. The van der Waals surface area contributed by atoms with Gasteiger partial charge in [-0.05, 0) is 25.0 Å². The third kappa shape index (κ3) is 1.59. The Balaban J connectivity index is 1.75. The summed E-state index contributed by atoms with van der Waals surface area (Å²) in [5, 5.41) is 9.46. The molecule has 5 nitrogen and oxygen atoms in total. The molecule has 2 aromatic heterocycles. The maximum atomic E-state index is 9.46. The predicted molar refractivity (Wildman–Crippen MR) is 76.3 cm³/mol. The SMILES string of the molecule is Cn1cnc2cc(-c3cnc(C4(CO)CC4)[nH]3)ccc21. The molecular weight excluding hydrogens is 252 g/mol. The molecule has 3 aromatic rings. The summed E-state index contributed by atoms with van der Waals surface area (Å²) in [6.07, 6.45) is 5.68. The van der Waals surface area contributed by atoms with E-state index < -0.39 is 0 Å². The van der Waals surface area contributed by atoms with Gasteiger partial charge in [-0.25, -0.2) is 9.97 Å². The molecule has 1 aromatic carbocycles. The van der Waals surface area contributed by atoms with Crippen LogP contribution in [-0.4, -0.2) is 31.2 Å². The summed E-state index contributed by atoms with van der Waals surface area (Å²) in [5.41, 5.74) is 4.02. The van der Waals surface area contributed by atoms with Gasteiger partial charge in [0.05, 0.1) is 41.3 Å². The van der Waals surface area contributed by atoms with Crippen molar-refractivity contribution in [2.24, 2.45) is 7.05 Å². The number of hydrogen-bond acceptors (Lipinski definition) is 3. The van der Waals surface area contributed by atoms with Gasteiger partial charge in [0.2, 0.25) is 0 Å². The number of aryl methyl sites for hydroxylation is 1. The smallest absolute Gasteiger partial charge is 0.115 e. The number of H-pyrrole nitrogens is 1. The fourth-order valence-electron chi connectivity index (χ4n) is 2.66. The van der Waals surface area contributed by atoms with Crippen molar-refractivity contribution in [1.82, 2.24) is 19.5 Å². The van der Waals surface area contributed by atoms with Gasteiger partial charge in [-0.15, -0.1) is 0 Å². The van der Waals surface area contributed by atoms with Crippen LogP contribution in [0.4, 0.5) is 0 Å². The normalized spacial score (nSPS) is 16.7. The molecule has 2 heterocycles. The first-order valence-electron chi connectivity index (χ1n) is 6.80. The number of imidazole rings is 2. The van der Waals surface area contributed by atoms with Gasteiger partial charge < -0.3 is 14.7 Å². The highest BCUT2D eigenvalue weighted by Crippen LogP contribution is 2.46. The lowest BCUT2D eigenvalue weighted by Crippen LogP contribution is -2.13. The number of aliphatic hydroxyl groups excluding tert-OH is 1. The number of aromatic amines is 1. The van der Waals surface area contributed by atoms with E-state index in [9.17, 15) is 5.11 Å². The largest absolute Gasteiger partial charge is 0.395 e. The molecule has 0 spiro atoms. The van der Waals surface area contributed by atoms with Crippen LogP contribution >= 0.6 is 0 Å². The van der Waals surface area contributed by atoms with Crippen molar-refractivity contribution >= 4 is 11.0 Å². The van der Waals surface area contributed by atoms with Crippen LogP contribution in [0.25, 0.3) is 22.3 Å². The highest BCUT2D eigenvalue weighted by molar-refractivity contribution is 5.81. The molecule has 0 radical (unpaired) electrons. The summed E-state index contributed by atoms with van der Waals surface area (Å²) in [5.74, 6) is 0.899. The van der Waals surface area contributed by atoms with Crippen molar-refractivity contribution in [2.75, 3.05) is 6.61 Å². The van der Waals surface area contributed by atoms with Crippen LogP contribution in [0.1, 0.15) is 18.7 Å². The Morgan fingerprint density at radius 1 is 1.35 bits per heavy atom. The van der Waals surface area contributed by atoms with E-state index in [4.69, 9.17) is 0 Å². The van der Waals surface area contributed by atoms with Crippen molar-refractivity contribution in [3.05, 3.63) is 36.5 Å². The van der Waals surface area contributed by atoms with E-state index in [1.165, 1.54) is 0 Å². The first-order valence-corrected chi connectivity index (χ1v) is 6.80. The number of rotatable bonds is 3. The zero-order chi connectivity index (χ0) is 13.7. The molecule has 1 fully saturated rings. The summed E-state index contributed by atoms with van der Waals surface area (Å²) in [7, 11) is 1.99. The van der Waals surface area contributed by atoms with E-state index in [1.807, 2.05) is 24.1 Å². The second-order valence-electron chi connectivity index (χ2n) is 5.64. The Morgan fingerprint density at radius 3 is 2.95 bits per heavy atom. The molecule has 2 N–H and O–H groups in total. The number of aromatic nitrogens is 4. The standard InChI is InChI=1S/C15H16N4O/c1-19-9-17-11-6-10(2-3-13(11)19)12-7-16-14(18-12)15(8-20)4-5-15/h2-3,6-7,9,20H,4-5,8H2,1H3,(H,16,18). The lowest BCUT2D eigenvalue weighted by atomic mass is 10.1. The monoisotopic (exact) mass is 268 g/mol. The van der Waals surface area contributed by atoms with E-state index in [-0.39, 0.29) is 12.0 Å².